The maximum Gasteiger partial charge on any atom is 0.307 e. The van der Waals surface area contributed by atoms with Crippen LogP contribution in [0.2, 0.25) is 5.02 Å². The van der Waals surface area contributed by atoms with Gasteiger partial charge in [0.05, 0.1) is 17.9 Å². The fourth-order valence-corrected chi connectivity index (χ4v) is 3.84. The van der Waals surface area contributed by atoms with Crippen LogP contribution in [0.4, 0.5) is 4.39 Å². The topological polar surface area (TPSA) is 102 Å². The molecule has 1 amide bonds. The van der Waals surface area contributed by atoms with Crippen molar-refractivity contribution in [1.29, 1.82) is 0 Å². The van der Waals surface area contributed by atoms with E-state index in [-0.39, 0.29) is 35.0 Å². The molecule has 0 radical (unpaired) electrons. The van der Waals surface area contributed by atoms with Gasteiger partial charge in [0.1, 0.15) is 11.6 Å². The van der Waals surface area contributed by atoms with Crippen LogP contribution < -0.4 is 9.46 Å². The summed E-state index contributed by atoms with van der Waals surface area (Å²) in [6.45, 7) is 1.41. The molecule has 0 aliphatic heterocycles. The molecule has 0 bridgehead atoms. The van der Waals surface area contributed by atoms with Gasteiger partial charge >= 0.3 is 5.97 Å². The zero-order chi connectivity index (χ0) is 23.7. The van der Waals surface area contributed by atoms with Crippen molar-refractivity contribution in [2.45, 2.75) is 24.8 Å². The minimum absolute atomic E-state index is 0.0259. The molecule has 0 fully saturated rings. The first kappa shape index (κ1) is 25.6. The van der Waals surface area contributed by atoms with Gasteiger partial charge in [-0.25, -0.2) is 17.5 Å². The molecule has 0 saturated heterocycles. The van der Waals surface area contributed by atoms with Crippen LogP contribution in [0, 0.1) is 5.82 Å². The number of ether oxygens (including phenoxy) is 2. The Balaban J connectivity index is 1.77. The van der Waals surface area contributed by atoms with Gasteiger partial charge in [-0.3, -0.25) is 9.59 Å². The van der Waals surface area contributed by atoms with Crippen LogP contribution >= 0.6 is 11.6 Å². The molecule has 32 heavy (non-hydrogen) atoms. The first-order valence-corrected chi connectivity index (χ1v) is 11.5. The smallest absolute Gasteiger partial charge is 0.307 e. The summed E-state index contributed by atoms with van der Waals surface area (Å²) in [6, 6.07) is 10.0. The van der Waals surface area contributed by atoms with Crippen molar-refractivity contribution in [2.24, 2.45) is 0 Å². The maximum absolute atomic E-state index is 13.8. The molecule has 174 valence electrons. The SMILES string of the molecule is CCOc1ccc(S(=O)(=O)NCCC(=O)OCC(=O)N(C)Cc2c(F)cccc2Cl)cc1. The highest BCUT2D eigenvalue weighted by atomic mass is 35.5. The van der Waals surface area contributed by atoms with Crippen LogP contribution in [0.1, 0.15) is 18.9 Å². The van der Waals surface area contributed by atoms with Gasteiger partial charge < -0.3 is 14.4 Å². The first-order valence-electron chi connectivity index (χ1n) is 9.69. The van der Waals surface area contributed by atoms with E-state index in [0.29, 0.717) is 12.4 Å². The predicted octanol–water partition coefficient (Wildman–Crippen LogP) is 2.75. The number of halogens is 2. The first-order chi connectivity index (χ1) is 15.1. The third kappa shape index (κ3) is 7.47. The van der Waals surface area contributed by atoms with E-state index in [1.54, 1.807) is 0 Å². The molecular formula is C21H24ClFN2O6S. The monoisotopic (exact) mass is 486 g/mol. The highest BCUT2D eigenvalue weighted by Crippen LogP contribution is 2.20. The molecule has 2 aromatic carbocycles. The van der Waals surface area contributed by atoms with Gasteiger partial charge in [-0.1, -0.05) is 17.7 Å². The molecular weight excluding hydrogens is 463 g/mol. The second kappa shape index (κ2) is 11.8. The molecule has 0 aliphatic rings. The number of likely N-dealkylation sites (N-methyl/N-ethyl adjacent to an activating group) is 1. The van der Waals surface area contributed by atoms with Crippen molar-refractivity contribution in [1.82, 2.24) is 9.62 Å². The van der Waals surface area contributed by atoms with Gasteiger partial charge in [0.25, 0.3) is 5.91 Å². The van der Waals surface area contributed by atoms with Crippen LogP contribution in [-0.2, 0) is 30.9 Å². The molecule has 2 rings (SSSR count). The highest BCUT2D eigenvalue weighted by molar-refractivity contribution is 7.89. The predicted molar refractivity (Wildman–Crippen MR) is 116 cm³/mol. The molecule has 0 unspecified atom stereocenters. The Morgan fingerprint density at radius 3 is 2.47 bits per heavy atom. The summed E-state index contributed by atoms with van der Waals surface area (Å²) in [4.78, 5) is 25.2. The van der Waals surface area contributed by atoms with Crippen molar-refractivity contribution in [3.05, 3.63) is 58.9 Å². The number of hydrogen-bond donors (Lipinski definition) is 1. The number of sulfonamides is 1. The number of rotatable bonds is 11. The zero-order valence-electron chi connectivity index (χ0n) is 17.6. The summed E-state index contributed by atoms with van der Waals surface area (Å²) in [6.07, 6.45) is -0.271. The molecule has 0 aliphatic carbocycles. The van der Waals surface area contributed by atoms with Gasteiger partial charge in [-0.05, 0) is 43.3 Å². The number of benzene rings is 2. The molecule has 2 aromatic rings. The summed E-state index contributed by atoms with van der Waals surface area (Å²) in [5.74, 6) is -1.33. The number of amides is 1. The lowest BCUT2D eigenvalue weighted by Crippen LogP contribution is -2.32. The zero-order valence-corrected chi connectivity index (χ0v) is 19.2. The lowest BCUT2D eigenvalue weighted by molar-refractivity contribution is -0.151. The second-order valence-corrected chi connectivity index (χ2v) is 8.84. The van der Waals surface area contributed by atoms with Gasteiger partial charge in [0, 0.05) is 30.7 Å². The van der Waals surface area contributed by atoms with E-state index in [0.717, 1.165) is 0 Å². The standard InChI is InChI=1S/C21H24ClFN2O6S/c1-3-30-15-7-9-16(10-8-15)32(28,29)24-12-11-21(27)31-14-20(26)25(2)13-17-18(22)5-4-6-19(17)23/h4-10,24H,3,11-14H2,1-2H3. The van der Waals surface area contributed by atoms with E-state index >= 15 is 0 Å². The molecule has 11 heteroatoms. The fourth-order valence-electron chi connectivity index (χ4n) is 2.59. The molecule has 8 nitrogen and oxygen atoms in total. The largest absolute Gasteiger partial charge is 0.494 e. The van der Waals surface area contributed by atoms with Crippen molar-refractivity contribution >= 4 is 33.5 Å². The average Bonchev–Trinajstić information content (AvgIpc) is 2.75. The molecule has 0 atom stereocenters. The number of carbonyl (C=O) groups is 2. The summed E-state index contributed by atoms with van der Waals surface area (Å²) < 4.78 is 50.8. The quantitative estimate of drug-likeness (QED) is 0.490. The van der Waals surface area contributed by atoms with Crippen LogP contribution in [0.3, 0.4) is 0 Å². The van der Waals surface area contributed by atoms with Crippen molar-refractivity contribution in [3.63, 3.8) is 0 Å². The minimum Gasteiger partial charge on any atom is -0.494 e. The minimum atomic E-state index is -3.81. The van der Waals surface area contributed by atoms with Gasteiger partial charge in [-0.2, -0.15) is 0 Å². The summed E-state index contributed by atoms with van der Waals surface area (Å²) in [7, 11) is -2.39. The Morgan fingerprint density at radius 1 is 1.16 bits per heavy atom. The number of nitrogens with one attached hydrogen (secondary N) is 1. The molecule has 0 heterocycles. The maximum atomic E-state index is 13.8. The van der Waals surface area contributed by atoms with Gasteiger partial charge in [0.15, 0.2) is 6.61 Å². The highest BCUT2D eigenvalue weighted by Gasteiger charge is 2.17. The van der Waals surface area contributed by atoms with E-state index in [2.05, 4.69) is 4.72 Å². The number of carbonyl (C=O) groups excluding carboxylic acids is 2. The average molecular weight is 487 g/mol. The Labute approximate surface area is 191 Å². The summed E-state index contributed by atoms with van der Waals surface area (Å²) >= 11 is 5.94. The van der Waals surface area contributed by atoms with Crippen molar-refractivity contribution in [2.75, 3.05) is 26.8 Å². The normalized spacial score (nSPS) is 11.1. The summed E-state index contributed by atoms with van der Waals surface area (Å²) in [5.41, 5.74) is 0.153. The second-order valence-electron chi connectivity index (χ2n) is 6.66. The van der Waals surface area contributed by atoms with Crippen molar-refractivity contribution in [3.8, 4) is 5.75 Å². The Morgan fingerprint density at radius 2 is 1.84 bits per heavy atom. The fraction of sp³-hybridized carbons (Fsp3) is 0.333. The summed E-state index contributed by atoms with van der Waals surface area (Å²) in [5, 5.41) is 0.182. The van der Waals surface area contributed by atoms with E-state index in [9.17, 15) is 22.4 Å². The number of hydrogen-bond acceptors (Lipinski definition) is 6. The lowest BCUT2D eigenvalue weighted by atomic mass is 10.2. The molecule has 0 spiro atoms. The molecule has 0 aromatic heterocycles. The Kier molecular flexibility index (Phi) is 9.42. The van der Waals surface area contributed by atoms with Crippen LogP contribution in [0.5, 0.6) is 5.75 Å². The van der Waals surface area contributed by atoms with Crippen LogP contribution in [0.25, 0.3) is 0 Å². The Hall–Kier alpha value is -2.69. The van der Waals surface area contributed by atoms with Gasteiger partial charge in [-0.15, -0.1) is 0 Å². The van der Waals surface area contributed by atoms with E-state index < -0.39 is 34.3 Å². The van der Waals surface area contributed by atoms with E-state index in [1.807, 2.05) is 6.92 Å². The Bertz CT molecular complexity index is 1030. The third-order valence-electron chi connectivity index (χ3n) is 4.31. The molecule has 1 N–H and O–H groups in total. The van der Waals surface area contributed by atoms with E-state index in [4.69, 9.17) is 21.1 Å². The van der Waals surface area contributed by atoms with Crippen molar-refractivity contribution < 1.29 is 31.9 Å². The van der Waals surface area contributed by atoms with Gasteiger partial charge in [0.2, 0.25) is 10.0 Å². The van der Waals surface area contributed by atoms with Crippen LogP contribution in [0.15, 0.2) is 47.4 Å². The number of esters is 1. The van der Waals surface area contributed by atoms with Crippen LogP contribution in [-0.4, -0.2) is 52.0 Å². The number of nitrogens with zero attached hydrogens (tertiary/aromatic N) is 1. The van der Waals surface area contributed by atoms with E-state index in [1.165, 1.54) is 54.4 Å². The third-order valence-corrected chi connectivity index (χ3v) is 6.14. The lowest BCUT2D eigenvalue weighted by Gasteiger charge is -2.18. The molecule has 0 saturated carbocycles.